The van der Waals surface area contributed by atoms with Gasteiger partial charge in [0.05, 0.1) is 0 Å². The molecule has 6 nitrogen and oxygen atoms in total. The molecule has 2 aromatic rings. The molecule has 2 rings (SSSR count). The highest BCUT2D eigenvalue weighted by Crippen LogP contribution is 2.23. The van der Waals surface area contributed by atoms with Gasteiger partial charge in [-0.2, -0.15) is 4.98 Å². The Labute approximate surface area is 143 Å². The van der Waals surface area contributed by atoms with Crippen molar-refractivity contribution in [2.45, 2.75) is 27.2 Å². The van der Waals surface area contributed by atoms with Crippen LogP contribution in [0.25, 0.3) is 11.4 Å². The van der Waals surface area contributed by atoms with Crippen molar-refractivity contribution in [2.75, 3.05) is 27.2 Å². The van der Waals surface area contributed by atoms with Crippen molar-refractivity contribution < 1.29 is 9.32 Å². The van der Waals surface area contributed by atoms with Crippen molar-refractivity contribution in [3.8, 4) is 11.4 Å². The number of amides is 1. The Bertz CT molecular complexity index is 688. The van der Waals surface area contributed by atoms with Gasteiger partial charge in [0.1, 0.15) is 0 Å². The fourth-order valence-corrected chi connectivity index (χ4v) is 2.29. The Balaban J connectivity index is 2.17. The van der Waals surface area contributed by atoms with Crippen LogP contribution in [0.5, 0.6) is 0 Å². The maximum Gasteiger partial charge on any atom is 0.253 e. The molecule has 0 saturated carbocycles. The number of nitrogens with one attached hydrogen (secondary N) is 1. The molecule has 0 aliphatic rings. The summed E-state index contributed by atoms with van der Waals surface area (Å²) in [5.41, 5.74) is 1.48. The van der Waals surface area contributed by atoms with Gasteiger partial charge in [0, 0.05) is 37.7 Å². The predicted molar refractivity (Wildman–Crippen MR) is 93.8 cm³/mol. The maximum atomic E-state index is 12.5. The number of nitrogens with zero attached hydrogens (tertiary/aromatic N) is 3. The molecule has 24 heavy (non-hydrogen) atoms. The van der Waals surface area contributed by atoms with E-state index in [1.165, 1.54) is 0 Å². The Kier molecular flexibility index (Phi) is 5.72. The smallest absolute Gasteiger partial charge is 0.253 e. The lowest BCUT2D eigenvalue weighted by Crippen LogP contribution is -2.32. The highest BCUT2D eigenvalue weighted by molar-refractivity contribution is 5.95. The second kappa shape index (κ2) is 7.57. The monoisotopic (exact) mass is 330 g/mol. The molecule has 0 aliphatic heterocycles. The van der Waals surface area contributed by atoms with Crippen molar-refractivity contribution in [3.63, 3.8) is 0 Å². The molecule has 0 aliphatic carbocycles. The average Bonchev–Trinajstić information content (AvgIpc) is 2.98. The summed E-state index contributed by atoms with van der Waals surface area (Å²) < 4.78 is 5.33. The van der Waals surface area contributed by atoms with Crippen LogP contribution in [0.2, 0.25) is 0 Å². The van der Waals surface area contributed by atoms with E-state index in [2.05, 4.69) is 36.2 Å². The topological polar surface area (TPSA) is 71.3 Å². The third kappa shape index (κ3) is 4.89. The molecule has 1 aromatic carbocycles. The number of carbonyl (C=O) groups excluding carboxylic acids is 1. The van der Waals surface area contributed by atoms with Crippen LogP contribution in [0.1, 0.15) is 37.0 Å². The second-order valence-electron chi connectivity index (χ2n) is 7.16. The number of aromatic nitrogens is 2. The summed E-state index contributed by atoms with van der Waals surface area (Å²) in [4.78, 5) is 18.6. The van der Waals surface area contributed by atoms with E-state index in [4.69, 9.17) is 4.52 Å². The van der Waals surface area contributed by atoms with Crippen molar-refractivity contribution in [2.24, 2.45) is 5.41 Å². The zero-order valence-corrected chi connectivity index (χ0v) is 15.1. The van der Waals surface area contributed by atoms with E-state index in [9.17, 15) is 4.79 Å². The van der Waals surface area contributed by atoms with E-state index >= 15 is 0 Å². The van der Waals surface area contributed by atoms with E-state index in [1.54, 1.807) is 18.0 Å². The molecule has 0 saturated heterocycles. The third-order valence-electron chi connectivity index (χ3n) is 3.56. The Morgan fingerprint density at radius 1 is 1.33 bits per heavy atom. The van der Waals surface area contributed by atoms with Crippen LogP contribution >= 0.6 is 0 Å². The summed E-state index contributed by atoms with van der Waals surface area (Å²) in [6.45, 7) is 7.77. The molecule has 1 N–H and O–H groups in total. The van der Waals surface area contributed by atoms with Gasteiger partial charge in [-0.3, -0.25) is 4.79 Å². The van der Waals surface area contributed by atoms with E-state index in [0.717, 1.165) is 12.1 Å². The highest BCUT2D eigenvalue weighted by Gasteiger charge is 2.18. The van der Waals surface area contributed by atoms with Gasteiger partial charge in [-0.25, -0.2) is 0 Å². The molecule has 130 valence electrons. The largest absolute Gasteiger partial charge is 0.340 e. The number of rotatable bonds is 6. The molecule has 1 aromatic heterocycles. The summed E-state index contributed by atoms with van der Waals surface area (Å²) in [6.07, 6.45) is 0.714. The molecule has 0 bridgehead atoms. The van der Waals surface area contributed by atoms with E-state index < -0.39 is 0 Å². The summed E-state index contributed by atoms with van der Waals surface area (Å²) in [7, 11) is 3.66. The van der Waals surface area contributed by atoms with Gasteiger partial charge >= 0.3 is 0 Å². The predicted octanol–water partition coefficient (Wildman–Crippen LogP) is 2.62. The van der Waals surface area contributed by atoms with Crippen molar-refractivity contribution in [1.82, 2.24) is 20.4 Å². The van der Waals surface area contributed by atoms with Crippen molar-refractivity contribution in [1.29, 1.82) is 0 Å². The molecule has 0 atom stereocenters. The maximum absolute atomic E-state index is 12.5. The molecule has 0 radical (unpaired) electrons. The quantitative estimate of drug-likeness (QED) is 0.881. The molecular weight excluding hydrogens is 304 g/mol. The number of carbonyl (C=O) groups is 1. The lowest BCUT2D eigenvalue weighted by Gasteiger charge is -2.17. The van der Waals surface area contributed by atoms with E-state index in [-0.39, 0.29) is 11.3 Å². The van der Waals surface area contributed by atoms with Crippen LogP contribution in [-0.2, 0) is 6.42 Å². The first-order valence-corrected chi connectivity index (χ1v) is 8.13. The van der Waals surface area contributed by atoms with Crippen molar-refractivity contribution >= 4 is 5.91 Å². The minimum absolute atomic E-state index is 0.0227. The third-order valence-corrected chi connectivity index (χ3v) is 3.56. The summed E-state index contributed by atoms with van der Waals surface area (Å²) >= 11 is 0. The summed E-state index contributed by atoms with van der Waals surface area (Å²) in [5.74, 6) is 1.10. The van der Waals surface area contributed by atoms with Gasteiger partial charge < -0.3 is 14.7 Å². The van der Waals surface area contributed by atoms with Gasteiger partial charge in [0.2, 0.25) is 11.7 Å². The minimum atomic E-state index is -0.0227. The zero-order chi connectivity index (χ0) is 17.7. The first kappa shape index (κ1) is 18.1. The molecule has 1 heterocycles. The van der Waals surface area contributed by atoms with Crippen molar-refractivity contribution in [3.05, 3.63) is 35.7 Å². The van der Waals surface area contributed by atoms with Crippen LogP contribution in [0.15, 0.2) is 28.8 Å². The Hall–Kier alpha value is -2.21. The molecule has 0 fully saturated rings. The van der Waals surface area contributed by atoms with Crippen LogP contribution in [-0.4, -0.2) is 48.1 Å². The lowest BCUT2D eigenvalue weighted by atomic mass is 9.92. The molecule has 1 amide bonds. The number of hydrogen-bond acceptors (Lipinski definition) is 5. The minimum Gasteiger partial charge on any atom is -0.340 e. The van der Waals surface area contributed by atoms with Gasteiger partial charge in [-0.1, -0.05) is 38.1 Å². The van der Waals surface area contributed by atoms with Crippen LogP contribution in [0.3, 0.4) is 0 Å². The number of likely N-dealkylation sites (N-methyl/N-ethyl adjacent to an activating group) is 2. The van der Waals surface area contributed by atoms with E-state index in [1.807, 2.05) is 25.2 Å². The summed E-state index contributed by atoms with van der Waals surface area (Å²) in [6, 6.07) is 7.34. The second-order valence-corrected chi connectivity index (χ2v) is 7.16. The SMILES string of the molecule is CNCCN(C)C(=O)c1cccc(-c2noc(CC(C)(C)C)n2)c1. The highest BCUT2D eigenvalue weighted by atomic mass is 16.5. The Morgan fingerprint density at radius 2 is 2.08 bits per heavy atom. The van der Waals surface area contributed by atoms with Crippen LogP contribution in [0.4, 0.5) is 0 Å². The normalized spacial score (nSPS) is 11.5. The van der Waals surface area contributed by atoms with Gasteiger partial charge in [0.15, 0.2) is 0 Å². The average molecular weight is 330 g/mol. The molecule has 6 heteroatoms. The van der Waals surface area contributed by atoms with Gasteiger partial charge in [-0.15, -0.1) is 0 Å². The first-order valence-electron chi connectivity index (χ1n) is 8.13. The first-order chi connectivity index (χ1) is 11.3. The van der Waals surface area contributed by atoms with Crippen LogP contribution in [0, 0.1) is 5.41 Å². The number of hydrogen-bond donors (Lipinski definition) is 1. The Morgan fingerprint density at radius 3 is 2.75 bits per heavy atom. The van der Waals surface area contributed by atoms with Gasteiger partial charge in [-0.05, 0) is 24.6 Å². The van der Waals surface area contributed by atoms with Crippen LogP contribution < -0.4 is 5.32 Å². The standard InChI is InChI=1S/C18H26N4O2/c1-18(2,3)12-15-20-16(21-24-15)13-7-6-8-14(11-13)17(23)22(5)10-9-19-4/h6-8,11,19H,9-10,12H2,1-5H3. The summed E-state index contributed by atoms with van der Waals surface area (Å²) in [5, 5.41) is 7.08. The molecular formula is C18H26N4O2. The van der Waals surface area contributed by atoms with Gasteiger partial charge in [0.25, 0.3) is 5.91 Å². The molecule has 0 unspecified atom stereocenters. The fraction of sp³-hybridized carbons (Fsp3) is 0.500. The zero-order valence-electron chi connectivity index (χ0n) is 15.1. The molecule has 0 spiro atoms. The fourth-order valence-electron chi connectivity index (χ4n) is 2.29. The number of benzene rings is 1. The van der Waals surface area contributed by atoms with E-state index in [0.29, 0.717) is 30.2 Å². The lowest BCUT2D eigenvalue weighted by molar-refractivity contribution is 0.0797.